The van der Waals surface area contributed by atoms with Gasteiger partial charge in [0.05, 0.1) is 12.1 Å². The van der Waals surface area contributed by atoms with E-state index in [0.29, 0.717) is 6.42 Å². The van der Waals surface area contributed by atoms with Crippen molar-refractivity contribution in [2.75, 3.05) is 0 Å². The first-order valence-electron chi connectivity index (χ1n) is 6.43. The van der Waals surface area contributed by atoms with Crippen LogP contribution in [0.4, 0.5) is 4.79 Å². The molecule has 20 heavy (non-hydrogen) atoms. The summed E-state index contributed by atoms with van der Waals surface area (Å²) >= 11 is 0. The molecule has 0 radical (unpaired) electrons. The van der Waals surface area contributed by atoms with Crippen molar-refractivity contribution >= 4 is 6.09 Å². The number of carbonyl (C=O) groups excluding carboxylic acids is 1. The quantitative estimate of drug-likeness (QED) is 0.824. The minimum atomic E-state index is -1.29. The zero-order valence-electron chi connectivity index (χ0n) is 12.0. The number of ether oxygens (including phenoxy) is 1. The highest BCUT2D eigenvalue weighted by molar-refractivity contribution is 5.68. The molecule has 1 amide bonds. The molecule has 0 saturated carbocycles. The summed E-state index contributed by atoms with van der Waals surface area (Å²) < 4.78 is 5.13. The van der Waals surface area contributed by atoms with Gasteiger partial charge in [-0.15, -0.1) is 0 Å². The van der Waals surface area contributed by atoms with Crippen LogP contribution >= 0.6 is 0 Å². The fraction of sp³-hybridized carbons (Fsp3) is 0.467. The first-order chi connectivity index (χ1) is 9.31. The van der Waals surface area contributed by atoms with Gasteiger partial charge >= 0.3 is 6.09 Å². The van der Waals surface area contributed by atoms with Crippen molar-refractivity contribution in [1.29, 1.82) is 5.26 Å². The molecule has 108 valence electrons. The van der Waals surface area contributed by atoms with Crippen LogP contribution in [0.25, 0.3) is 0 Å². The van der Waals surface area contributed by atoms with Crippen molar-refractivity contribution in [2.45, 2.75) is 44.9 Å². The topological polar surface area (TPSA) is 82.3 Å². The summed E-state index contributed by atoms with van der Waals surface area (Å²) in [6.07, 6.45) is -1.58. The molecule has 2 N–H and O–H groups in total. The molecule has 2 atom stereocenters. The van der Waals surface area contributed by atoms with Crippen LogP contribution < -0.4 is 5.32 Å². The molecule has 5 heteroatoms. The Balaban J connectivity index is 2.71. The van der Waals surface area contributed by atoms with Crippen LogP contribution in [0.15, 0.2) is 30.3 Å². The lowest BCUT2D eigenvalue weighted by atomic mass is 10.0. The highest BCUT2D eigenvalue weighted by Gasteiger charge is 2.24. The van der Waals surface area contributed by atoms with Gasteiger partial charge in [0.2, 0.25) is 0 Å². The number of hydrogen-bond acceptors (Lipinski definition) is 4. The van der Waals surface area contributed by atoms with Crippen molar-refractivity contribution in [3.63, 3.8) is 0 Å². The van der Waals surface area contributed by atoms with E-state index in [9.17, 15) is 9.90 Å². The molecule has 1 aromatic rings. The Morgan fingerprint density at radius 2 is 2.00 bits per heavy atom. The van der Waals surface area contributed by atoms with Crippen LogP contribution in [-0.2, 0) is 11.2 Å². The van der Waals surface area contributed by atoms with Crippen molar-refractivity contribution in [3.05, 3.63) is 35.9 Å². The smallest absolute Gasteiger partial charge is 0.408 e. The van der Waals surface area contributed by atoms with E-state index in [0.717, 1.165) is 5.56 Å². The van der Waals surface area contributed by atoms with Gasteiger partial charge in [0.1, 0.15) is 5.60 Å². The SMILES string of the molecule is CC(C)(C)OC(=O)N[C@@H](Cc1ccccc1)[C@H](O)C#N. The van der Waals surface area contributed by atoms with E-state index in [1.54, 1.807) is 26.8 Å². The summed E-state index contributed by atoms with van der Waals surface area (Å²) in [6.45, 7) is 5.25. The number of alkyl carbamates (subject to hydrolysis) is 1. The van der Waals surface area contributed by atoms with Crippen LogP contribution in [0.3, 0.4) is 0 Å². The molecule has 0 saturated heterocycles. The molecule has 1 aromatic carbocycles. The monoisotopic (exact) mass is 276 g/mol. The Morgan fingerprint density at radius 1 is 1.40 bits per heavy atom. The van der Waals surface area contributed by atoms with Gasteiger partial charge in [-0.1, -0.05) is 30.3 Å². The number of rotatable bonds is 4. The number of benzene rings is 1. The van der Waals surface area contributed by atoms with Gasteiger partial charge in [0.25, 0.3) is 0 Å². The molecule has 5 nitrogen and oxygen atoms in total. The van der Waals surface area contributed by atoms with E-state index in [-0.39, 0.29) is 0 Å². The number of hydrogen-bond donors (Lipinski definition) is 2. The second kappa shape index (κ2) is 6.92. The second-order valence-electron chi connectivity index (χ2n) is 5.52. The Hall–Kier alpha value is -2.06. The van der Waals surface area contributed by atoms with Crippen molar-refractivity contribution in [2.24, 2.45) is 0 Å². The third-order valence-electron chi connectivity index (χ3n) is 2.51. The first-order valence-corrected chi connectivity index (χ1v) is 6.43. The van der Waals surface area contributed by atoms with Crippen LogP contribution in [-0.4, -0.2) is 28.9 Å². The van der Waals surface area contributed by atoms with Gasteiger partial charge in [-0.2, -0.15) is 5.26 Å². The third-order valence-corrected chi connectivity index (χ3v) is 2.51. The largest absolute Gasteiger partial charge is 0.444 e. The Labute approximate surface area is 119 Å². The number of aliphatic hydroxyl groups is 1. The molecular formula is C15H20N2O3. The average Bonchev–Trinajstić information content (AvgIpc) is 2.36. The number of carbonyl (C=O) groups is 1. The zero-order valence-corrected chi connectivity index (χ0v) is 12.0. The number of nitrogens with one attached hydrogen (secondary N) is 1. The maximum atomic E-state index is 11.7. The van der Waals surface area contributed by atoms with Crippen molar-refractivity contribution in [3.8, 4) is 6.07 Å². The minimum Gasteiger partial charge on any atom is -0.444 e. The molecule has 0 fully saturated rings. The van der Waals surface area contributed by atoms with E-state index in [2.05, 4.69) is 5.32 Å². The minimum absolute atomic E-state index is 0.356. The van der Waals surface area contributed by atoms with E-state index >= 15 is 0 Å². The fourth-order valence-corrected chi connectivity index (χ4v) is 1.66. The zero-order chi connectivity index (χ0) is 15.2. The lowest BCUT2D eigenvalue weighted by Gasteiger charge is -2.24. The Morgan fingerprint density at radius 3 is 2.50 bits per heavy atom. The van der Waals surface area contributed by atoms with Gasteiger partial charge in [-0.25, -0.2) is 4.79 Å². The lowest BCUT2D eigenvalue weighted by Crippen LogP contribution is -2.46. The maximum Gasteiger partial charge on any atom is 0.408 e. The highest BCUT2D eigenvalue weighted by atomic mass is 16.6. The van der Waals surface area contributed by atoms with Crippen LogP contribution in [0.5, 0.6) is 0 Å². The van der Waals surface area contributed by atoms with E-state index in [4.69, 9.17) is 10.00 Å². The molecule has 0 spiro atoms. The fourth-order valence-electron chi connectivity index (χ4n) is 1.66. The normalized spacial score (nSPS) is 13.9. The van der Waals surface area contributed by atoms with Crippen LogP contribution in [0.1, 0.15) is 26.3 Å². The summed E-state index contributed by atoms with van der Waals surface area (Å²) in [7, 11) is 0. The summed E-state index contributed by atoms with van der Waals surface area (Å²) in [5.41, 5.74) is 0.293. The van der Waals surface area contributed by atoms with E-state index < -0.39 is 23.8 Å². The number of amides is 1. The molecule has 0 heterocycles. The van der Waals surface area contributed by atoms with Gasteiger partial charge in [0, 0.05) is 0 Å². The summed E-state index contributed by atoms with van der Waals surface area (Å²) in [5, 5.41) is 21.1. The van der Waals surface area contributed by atoms with Crippen LogP contribution in [0, 0.1) is 11.3 Å². The standard InChI is InChI=1S/C15H20N2O3/c1-15(2,3)20-14(19)17-12(13(18)10-16)9-11-7-5-4-6-8-11/h4-8,12-13,18H,9H2,1-3H3,(H,17,19)/t12-,13+/m0/s1. The van der Waals surface area contributed by atoms with Crippen LogP contribution in [0.2, 0.25) is 0 Å². The Bertz CT molecular complexity index is 474. The van der Waals surface area contributed by atoms with E-state index in [1.165, 1.54) is 0 Å². The number of nitrogens with zero attached hydrogens (tertiary/aromatic N) is 1. The van der Waals surface area contributed by atoms with Gasteiger partial charge < -0.3 is 15.2 Å². The molecule has 0 bridgehead atoms. The van der Waals surface area contributed by atoms with Crippen molar-refractivity contribution in [1.82, 2.24) is 5.32 Å². The van der Waals surface area contributed by atoms with Gasteiger partial charge in [-0.3, -0.25) is 0 Å². The highest BCUT2D eigenvalue weighted by Crippen LogP contribution is 2.10. The predicted molar refractivity (Wildman–Crippen MR) is 74.9 cm³/mol. The Kier molecular flexibility index (Phi) is 5.53. The van der Waals surface area contributed by atoms with Crippen molar-refractivity contribution < 1.29 is 14.6 Å². The number of nitriles is 1. The maximum absolute atomic E-state index is 11.7. The molecule has 0 aliphatic carbocycles. The number of aliphatic hydroxyl groups excluding tert-OH is 1. The molecular weight excluding hydrogens is 256 g/mol. The molecule has 0 aliphatic heterocycles. The van der Waals surface area contributed by atoms with Gasteiger partial charge in [-0.05, 0) is 32.8 Å². The average molecular weight is 276 g/mol. The van der Waals surface area contributed by atoms with Gasteiger partial charge in [0.15, 0.2) is 6.10 Å². The molecule has 0 aromatic heterocycles. The summed E-state index contributed by atoms with van der Waals surface area (Å²) in [5.74, 6) is 0. The molecule has 0 aliphatic rings. The summed E-state index contributed by atoms with van der Waals surface area (Å²) in [6, 6.07) is 10.4. The summed E-state index contributed by atoms with van der Waals surface area (Å²) in [4.78, 5) is 11.7. The third kappa shape index (κ3) is 5.72. The first kappa shape index (κ1) is 16.0. The molecule has 0 unspecified atom stereocenters. The molecule has 1 rings (SSSR count). The second-order valence-corrected chi connectivity index (χ2v) is 5.52. The van der Waals surface area contributed by atoms with E-state index in [1.807, 2.05) is 30.3 Å². The lowest BCUT2D eigenvalue weighted by molar-refractivity contribution is 0.0459. The predicted octanol–water partition coefficient (Wildman–Crippen LogP) is 2.01.